The summed E-state index contributed by atoms with van der Waals surface area (Å²) in [5.74, 6) is 0.883. The predicted octanol–water partition coefficient (Wildman–Crippen LogP) is 3.55. The van der Waals surface area contributed by atoms with Gasteiger partial charge in [-0.15, -0.1) is 0 Å². The number of benzene rings is 2. The molecule has 32 heavy (non-hydrogen) atoms. The number of piperazine rings is 1. The Kier molecular flexibility index (Phi) is 5.95. The lowest BCUT2D eigenvalue weighted by Gasteiger charge is -2.38. The first-order chi connectivity index (χ1) is 15.5. The molecule has 2 saturated heterocycles. The van der Waals surface area contributed by atoms with Gasteiger partial charge in [-0.3, -0.25) is 9.69 Å². The summed E-state index contributed by atoms with van der Waals surface area (Å²) < 4.78 is 0. The molecule has 2 aliphatic heterocycles. The third-order valence-electron chi connectivity index (χ3n) is 6.38. The third-order valence-corrected chi connectivity index (χ3v) is 6.87. The van der Waals surface area contributed by atoms with Crippen LogP contribution in [0.5, 0.6) is 0 Å². The number of halogens is 2. The molecule has 2 aromatic carbocycles. The van der Waals surface area contributed by atoms with Crippen LogP contribution in [0.2, 0.25) is 10.0 Å². The van der Waals surface area contributed by atoms with Crippen molar-refractivity contribution in [1.82, 2.24) is 14.8 Å². The predicted molar refractivity (Wildman–Crippen MR) is 128 cm³/mol. The average Bonchev–Trinajstić information content (AvgIpc) is 3.20. The average molecular weight is 471 g/mol. The van der Waals surface area contributed by atoms with Gasteiger partial charge in [0.15, 0.2) is 0 Å². The van der Waals surface area contributed by atoms with Crippen molar-refractivity contribution < 1.29 is 9.90 Å². The molecule has 0 bridgehead atoms. The summed E-state index contributed by atoms with van der Waals surface area (Å²) in [6, 6.07) is 16.7. The molecule has 2 fully saturated rings. The molecule has 6 nitrogen and oxygen atoms in total. The minimum atomic E-state index is -0.462. The monoisotopic (exact) mass is 470 g/mol. The second-order valence-corrected chi connectivity index (χ2v) is 9.25. The van der Waals surface area contributed by atoms with Crippen molar-refractivity contribution in [1.29, 1.82) is 0 Å². The topological polar surface area (TPSA) is 59.9 Å². The van der Waals surface area contributed by atoms with E-state index in [4.69, 9.17) is 28.2 Å². The van der Waals surface area contributed by atoms with Crippen LogP contribution >= 0.6 is 23.2 Å². The fourth-order valence-corrected chi connectivity index (χ4v) is 4.92. The summed E-state index contributed by atoms with van der Waals surface area (Å²) in [4.78, 5) is 23.8. The summed E-state index contributed by atoms with van der Waals surface area (Å²) in [5.41, 5.74) is 1.54. The Morgan fingerprint density at radius 3 is 2.38 bits per heavy atom. The van der Waals surface area contributed by atoms with Gasteiger partial charge in [0.2, 0.25) is 0 Å². The molecule has 0 radical (unpaired) electrons. The highest BCUT2D eigenvalue weighted by molar-refractivity contribution is 6.31. The van der Waals surface area contributed by atoms with Crippen LogP contribution in [-0.4, -0.2) is 77.2 Å². The van der Waals surface area contributed by atoms with Gasteiger partial charge in [0.25, 0.3) is 5.91 Å². The SMILES string of the molecule is O=C(c1ccc(Cl)cc1)N1CCN([C@H]2CN(c3ccc4cc(Cl)ccc4n3)C[C@@H]2O)CC1. The molecule has 1 N–H and O–H groups in total. The number of fused-ring (bicyclic) bond motifs is 1. The van der Waals surface area contributed by atoms with E-state index in [9.17, 15) is 9.90 Å². The first-order valence-corrected chi connectivity index (χ1v) is 11.5. The molecule has 0 spiro atoms. The maximum atomic E-state index is 12.8. The Balaban J connectivity index is 1.22. The summed E-state index contributed by atoms with van der Waals surface area (Å²) in [6.45, 7) is 4.00. The lowest BCUT2D eigenvalue weighted by Crippen LogP contribution is -2.54. The Morgan fingerprint density at radius 2 is 1.62 bits per heavy atom. The zero-order chi connectivity index (χ0) is 22.2. The van der Waals surface area contributed by atoms with Gasteiger partial charge < -0.3 is 14.9 Å². The highest BCUT2D eigenvalue weighted by Gasteiger charge is 2.37. The molecule has 1 aromatic heterocycles. The van der Waals surface area contributed by atoms with Crippen molar-refractivity contribution in [2.24, 2.45) is 0 Å². The van der Waals surface area contributed by atoms with Crippen LogP contribution in [-0.2, 0) is 0 Å². The maximum Gasteiger partial charge on any atom is 0.253 e. The largest absolute Gasteiger partial charge is 0.390 e. The van der Waals surface area contributed by atoms with E-state index < -0.39 is 6.10 Å². The Morgan fingerprint density at radius 1 is 0.906 bits per heavy atom. The fraction of sp³-hybridized carbons (Fsp3) is 0.333. The molecule has 0 aliphatic carbocycles. The molecule has 0 unspecified atom stereocenters. The van der Waals surface area contributed by atoms with Gasteiger partial charge in [-0.05, 0) is 54.6 Å². The van der Waals surface area contributed by atoms with Crippen LogP contribution in [0.1, 0.15) is 10.4 Å². The quantitative estimate of drug-likeness (QED) is 0.634. The zero-order valence-corrected chi connectivity index (χ0v) is 19.0. The van der Waals surface area contributed by atoms with Crippen LogP contribution in [0.3, 0.4) is 0 Å². The van der Waals surface area contributed by atoms with Gasteiger partial charge in [-0.2, -0.15) is 0 Å². The molecular weight excluding hydrogens is 447 g/mol. The van der Waals surface area contributed by atoms with Gasteiger partial charge in [-0.25, -0.2) is 4.98 Å². The summed E-state index contributed by atoms with van der Waals surface area (Å²) in [7, 11) is 0. The van der Waals surface area contributed by atoms with E-state index in [1.807, 2.05) is 35.2 Å². The van der Waals surface area contributed by atoms with E-state index in [2.05, 4.69) is 9.80 Å². The number of pyridine rings is 1. The lowest BCUT2D eigenvalue weighted by molar-refractivity contribution is 0.0376. The number of amides is 1. The van der Waals surface area contributed by atoms with E-state index in [0.717, 1.165) is 29.8 Å². The Hall–Kier alpha value is -2.38. The van der Waals surface area contributed by atoms with Crippen LogP contribution in [0.4, 0.5) is 5.82 Å². The molecule has 1 amide bonds. The lowest BCUT2D eigenvalue weighted by atomic mass is 10.1. The number of hydrogen-bond donors (Lipinski definition) is 1. The van der Waals surface area contributed by atoms with Crippen molar-refractivity contribution in [3.05, 3.63) is 70.2 Å². The highest BCUT2D eigenvalue weighted by atomic mass is 35.5. The number of aliphatic hydroxyl groups is 1. The normalized spacial score (nSPS) is 22.0. The minimum Gasteiger partial charge on any atom is -0.390 e. The molecule has 2 aliphatic rings. The third kappa shape index (κ3) is 4.28. The molecule has 2 atom stereocenters. The number of β-amino-alcohol motifs (C(OH)–C–C–N with tert-alkyl or cyclic N) is 1. The molecule has 3 heterocycles. The number of carbonyl (C=O) groups excluding carboxylic acids is 1. The van der Waals surface area contributed by atoms with Gasteiger partial charge in [0.05, 0.1) is 17.7 Å². The van der Waals surface area contributed by atoms with Crippen molar-refractivity contribution in [3.8, 4) is 0 Å². The molecular formula is C24H24Cl2N4O2. The van der Waals surface area contributed by atoms with Gasteiger partial charge in [0.1, 0.15) is 5.82 Å². The number of aliphatic hydroxyl groups excluding tert-OH is 1. The Labute approximate surface area is 197 Å². The molecule has 0 saturated carbocycles. The summed E-state index contributed by atoms with van der Waals surface area (Å²) >= 11 is 12.0. The number of aromatic nitrogens is 1. The minimum absolute atomic E-state index is 0.0190. The van der Waals surface area contributed by atoms with E-state index in [-0.39, 0.29) is 11.9 Å². The second-order valence-electron chi connectivity index (χ2n) is 8.38. The molecule has 8 heteroatoms. The number of carbonyl (C=O) groups is 1. The van der Waals surface area contributed by atoms with E-state index in [1.165, 1.54) is 0 Å². The number of hydrogen-bond acceptors (Lipinski definition) is 5. The van der Waals surface area contributed by atoms with Crippen molar-refractivity contribution >= 4 is 45.8 Å². The number of rotatable bonds is 3. The van der Waals surface area contributed by atoms with Crippen molar-refractivity contribution in [2.45, 2.75) is 12.1 Å². The molecule has 166 valence electrons. The molecule has 3 aromatic rings. The van der Waals surface area contributed by atoms with Gasteiger partial charge >= 0.3 is 0 Å². The van der Waals surface area contributed by atoms with E-state index in [0.29, 0.717) is 41.8 Å². The van der Waals surface area contributed by atoms with E-state index >= 15 is 0 Å². The van der Waals surface area contributed by atoms with Crippen LogP contribution in [0, 0.1) is 0 Å². The van der Waals surface area contributed by atoms with Crippen molar-refractivity contribution in [2.75, 3.05) is 44.2 Å². The second kappa shape index (κ2) is 8.87. The zero-order valence-electron chi connectivity index (χ0n) is 17.5. The van der Waals surface area contributed by atoms with Gasteiger partial charge in [0, 0.05) is 60.3 Å². The van der Waals surface area contributed by atoms with Crippen LogP contribution in [0.25, 0.3) is 10.9 Å². The maximum absolute atomic E-state index is 12.8. The summed E-state index contributed by atoms with van der Waals surface area (Å²) in [6.07, 6.45) is -0.462. The summed E-state index contributed by atoms with van der Waals surface area (Å²) in [5, 5.41) is 13.1. The van der Waals surface area contributed by atoms with Crippen molar-refractivity contribution in [3.63, 3.8) is 0 Å². The van der Waals surface area contributed by atoms with Gasteiger partial charge in [-0.1, -0.05) is 23.2 Å². The first kappa shape index (κ1) is 21.5. The first-order valence-electron chi connectivity index (χ1n) is 10.8. The van der Waals surface area contributed by atoms with Crippen LogP contribution in [0.15, 0.2) is 54.6 Å². The number of nitrogens with zero attached hydrogens (tertiary/aromatic N) is 4. The smallest absolute Gasteiger partial charge is 0.253 e. The highest BCUT2D eigenvalue weighted by Crippen LogP contribution is 2.26. The number of anilines is 1. The van der Waals surface area contributed by atoms with E-state index in [1.54, 1.807) is 24.3 Å². The standard InChI is InChI=1S/C24H24Cl2N4O2/c25-18-4-1-16(2-5-18)24(32)29-11-9-28(10-12-29)21-14-30(15-22(21)31)23-8-3-17-13-19(26)6-7-20(17)27-23/h1-8,13,21-22,31H,9-12,14-15H2/t21-,22-/m0/s1. The molecule has 5 rings (SSSR count). The Bertz CT molecular complexity index is 1130. The fourth-order valence-electron chi connectivity index (χ4n) is 4.61. The van der Waals surface area contributed by atoms with Crippen LogP contribution < -0.4 is 4.90 Å².